The fraction of sp³-hybridized carbons (Fsp3) is 1.00. The third kappa shape index (κ3) is 4.19. The molecule has 1 rings (SSSR count). The maximum atomic E-state index is 11.6. The van der Waals surface area contributed by atoms with Crippen molar-refractivity contribution in [3.05, 3.63) is 0 Å². The third-order valence-corrected chi connectivity index (χ3v) is 7.18. The van der Waals surface area contributed by atoms with Gasteiger partial charge in [-0.3, -0.25) is 0 Å². The van der Waals surface area contributed by atoms with E-state index in [4.69, 9.17) is 23.2 Å². The van der Waals surface area contributed by atoms with Gasteiger partial charge < -0.3 is 0 Å². The molecule has 0 N–H and O–H groups in total. The Labute approximate surface area is 119 Å². The van der Waals surface area contributed by atoms with Gasteiger partial charge in [0.25, 0.3) is 0 Å². The average Bonchev–Trinajstić information content (AvgIpc) is 2.66. The normalized spacial score (nSPS) is 24.1. The molecule has 0 aromatic heterocycles. The monoisotopic (exact) mass is 318 g/mol. The van der Waals surface area contributed by atoms with Gasteiger partial charge in [0, 0.05) is 17.2 Å². The topological polar surface area (TPSA) is 34.1 Å². The minimum absolute atomic E-state index is 0.143. The molecule has 17 heavy (non-hydrogen) atoms. The van der Waals surface area contributed by atoms with E-state index in [0.717, 1.165) is 25.0 Å². The molecule has 102 valence electrons. The molecule has 0 aromatic rings. The van der Waals surface area contributed by atoms with Crippen LogP contribution in [0.15, 0.2) is 0 Å². The van der Waals surface area contributed by atoms with E-state index >= 15 is 0 Å². The Kier molecular flexibility index (Phi) is 6.45. The molecule has 0 amide bonds. The van der Waals surface area contributed by atoms with Gasteiger partial charge in [0.05, 0.1) is 11.5 Å². The first-order valence-electron chi connectivity index (χ1n) is 5.81. The Balaban J connectivity index is 2.70. The van der Waals surface area contributed by atoms with E-state index in [1.165, 1.54) is 0 Å². The van der Waals surface area contributed by atoms with Crippen LogP contribution >= 0.6 is 35.0 Å². The number of thioether (sulfide) groups is 1. The van der Waals surface area contributed by atoms with Crippen molar-refractivity contribution in [2.75, 3.05) is 35.3 Å². The second kappa shape index (κ2) is 6.88. The van der Waals surface area contributed by atoms with Gasteiger partial charge in [-0.2, -0.15) is 11.8 Å². The van der Waals surface area contributed by atoms with Crippen molar-refractivity contribution in [3.63, 3.8) is 0 Å². The molecular weight excluding hydrogens is 299 g/mol. The van der Waals surface area contributed by atoms with Gasteiger partial charge in [-0.25, -0.2) is 8.42 Å². The lowest BCUT2D eigenvalue weighted by Crippen LogP contribution is -2.35. The summed E-state index contributed by atoms with van der Waals surface area (Å²) in [6.07, 6.45) is 4.78. The molecule has 1 atom stereocenters. The molecule has 1 heterocycles. The first kappa shape index (κ1) is 15.9. The molecule has 1 unspecified atom stereocenters. The summed E-state index contributed by atoms with van der Waals surface area (Å²) < 4.78 is 23.1. The van der Waals surface area contributed by atoms with Gasteiger partial charge in [0.1, 0.15) is 0 Å². The summed E-state index contributed by atoms with van der Waals surface area (Å²) in [5.74, 6) is 2.72. The van der Waals surface area contributed by atoms with Crippen LogP contribution < -0.4 is 0 Å². The van der Waals surface area contributed by atoms with Crippen LogP contribution in [0.1, 0.15) is 19.3 Å². The Bertz CT molecular complexity index is 326. The van der Waals surface area contributed by atoms with Crippen LogP contribution in [0.4, 0.5) is 0 Å². The Morgan fingerprint density at radius 3 is 2.41 bits per heavy atom. The van der Waals surface area contributed by atoms with Crippen molar-refractivity contribution >= 4 is 44.8 Å². The lowest BCUT2D eigenvalue weighted by atomic mass is 9.75. The van der Waals surface area contributed by atoms with Crippen LogP contribution in [-0.2, 0) is 9.84 Å². The molecule has 0 radical (unpaired) electrons. The van der Waals surface area contributed by atoms with E-state index in [1.54, 1.807) is 11.8 Å². The molecule has 6 heteroatoms. The lowest BCUT2D eigenvalue weighted by molar-refractivity contribution is 0.225. The molecule has 1 fully saturated rings. The first-order chi connectivity index (χ1) is 7.99. The van der Waals surface area contributed by atoms with Crippen LogP contribution in [0.2, 0.25) is 0 Å². The van der Waals surface area contributed by atoms with E-state index in [-0.39, 0.29) is 17.1 Å². The zero-order valence-electron chi connectivity index (χ0n) is 10.1. The number of sulfone groups is 1. The summed E-state index contributed by atoms with van der Waals surface area (Å²) in [5, 5.41) is 0. The minimum atomic E-state index is -2.85. The molecule has 1 aliphatic heterocycles. The summed E-state index contributed by atoms with van der Waals surface area (Å²) in [4.78, 5) is 0. The second-order valence-corrected chi connectivity index (χ2v) is 8.57. The summed E-state index contributed by atoms with van der Waals surface area (Å²) in [7, 11) is -2.85. The van der Waals surface area contributed by atoms with Crippen molar-refractivity contribution in [2.45, 2.75) is 19.3 Å². The quantitative estimate of drug-likeness (QED) is 0.534. The number of rotatable bonds is 7. The van der Waals surface area contributed by atoms with Crippen molar-refractivity contribution < 1.29 is 8.42 Å². The number of halogens is 2. The predicted molar refractivity (Wildman–Crippen MR) is 78.2 cm³/mol. The van der Waals surface area contributed by atoms with Gasteiger partial charge in [0.2, 0.25) is 0 Å². The SMILES string of the molecule is CSCCCC(CCl)(CCl)C1CCS(=O)(=O)C1. The molecule has 0 bridgehead atoms. The minimum Gasteiger partial charge on any atom is -0.229 e. The Morgan fingerprint density at radius 2 is 2.00 bits per heavy atom. The molecule has 0 aromatic carbocycles. The summed E-state index contributed by atoms with van der Waals surface area (Å²) in [6, 6.07) is 0. The lowest BCUT2D eigenvalue weighted by Gasteiger charge is -2.35. The number of alkyl halides is 2. The van der Waals surface area contributed by atoms with Gasteiger partial charge >= 0.3 is 0 Å². The van der Waals surface area contributed by atoms with Crippen molar-refractivity contribution in [2.24, 2.45) is 11.3 Å². The van der Waals surface area contributed by atoms with E-state index in [0.29, 0.717) is 17.5 Å². The highest BCUT2D eigenvalue weighted by Gasteiger charge is 2.43. The van der Waals surface area contributed by atoms with Crippen LogP contribution in [0, 0.1) is 11.3 Å². The van der Waals surface area contributed by atoms with Gasteiger partial charge in [0.15, 0.2) is 9.84 Å². The fourth-order valence-electron chi connectivity index (χ4n) is 2.44. The first-order valence-corrected chi connectivity index (χ1v) is 10.1. The standard InChI is InChI=1S/C11H20Cl2O2S2/c1-16-5-2-4-11(8-12,9-13)10-3-6-17(14,15)7-10/h10H,2-9H2,1H3. The van der Waals surface area contributed by atoms with Crippen molar-refractivity contribution in [1.82, 2.24) is 0 Å². The van der Waals surface area contributed by atoms with Crippen molar-refractivity contribution in [3.8, 4) is 0 Å². The number of hydrogen-bond donors (Lipinski definition) is 0. The molecule has 1 aliphatic rings. The summed E-state index contributed by atoms with van der Waals surface area (Å²) >= 11 is 14.0. The van der Waals surface area contributed by atoms with E-state index in [2.05, 4.69) is 6.26 Å². The predicted octanol–water partition coefficient (Wildman–Crippen LogP) is 3.03. The van der Waals surface area contributed by atoms with Gasteiger partial charge in [-0.15, -0.1) is 23.2 Å². The Morgan fingerprint density at radius 1 is 1.35 bits per heavy atom. The van der Waals surface area contributed by atoms with Crippen LogP contribution in [-0.4, -0.2) is 43.7 Å². The van der Waals surface area contributed by atoms with Gasteiger partial charge in [-0.05, 0) is 37.2 Å². The average molecular weight is 319 g/mol. The number of hydrogen-bond acceptors (Lipinski definition) is 3. The highest BCUT2D eigenvalue weighted by atomic mass is 35.5. The zero-order chi connectivity index (χ0) is 12.9. The van der Waals surface area contributed by atoms with Crippen LogP contribution in [0.3, 0.4) is 0 Å². The molecule has 2 nitrogen and oxygen atoms in total. The molecular formula is C11H20Cl2O2S2. The van der Waals surface area contributed by atoms with Crippen LogP contribution in [0.25, 0.3) is 0 Å². The summed E-state index contributed by atoms with van der Waals surface area (Å²) in [6.45, 7) is 0. The highest BCUT2D eigenvalue weighted by molar-refractivity contribution is 7.98. The second-order valence-electron chi connectivity index (χ2n) is 4.83. The maximum absolute atomic E-state index is 11.6. The fourth-order valence-corrected chi connectivity index (χ4v) is 5.80. The summed E-state index contributed by atoms with van der Waals surface area (Å²) in [5.41, 5.74) is -0.192. The maximum Gasteiger partial charge on any atom is 0.150 e. The van der Waals surface area contributed by atoms with E-state index < -0.39 is 9.84 Å². The molecule has 0 saturated carbocycles. The molecule has 0 spiro atoms. The molecule has 1 saturated heterocycles. The largest absolute Gasteiger partial charge is 0.229 e. The highest BCUT2D eigenvalue weighted by Crippen LogP contribution is 2.42. The third-order valence-electron chi connectivity index (χ3n) is 3.65. The smallest absolute Gasteiger partial charge is 0.150 e. The Hall–Kier alpha value is 0.880. The zero-order valence-corrected chi connectivity index (χ0v) is 13.3. The van der Waals surface area contributed by atoms with E-state index in [1.807, 2.05) is 0 Å². The van der Waals surface area contributed by atoms with E-state index in [9.17, 15) is 8.42 Å². The van der Waals surface area contributed by atoms with Crippen molar-refractivity contribution in [1.29, 1.82) is 0 Å². The van der Waals surface area contributed by atoms with Crippen LogP contribution in [0.5, 0.6) is 0 Å². The van der Waals surface area contributed by atoms with Gasteiger partial charge in [-0.1, -0.05) is 0 Å². The molecule has 0 aliphatic carbocycles.